The van der Waals surface area contributed by atoms with Crippen molar-refractivity contribution in [3.05, 3.63) is 53.6 Å². The smallest absolute Gasteiger partial charge is 0.128 e. The number of likely N-dealkylation sites (N-methyl/N-ethyl adjacent to an activating group) is 1. The summed E-state index contributed by atoms with van der Waals surface area (Å²) in [6.07, 6.45) is 0. The molecule has 2 aromatic rings. The second kappa shape index (κ2) is 7.21. The Morgan fingerprint density at radius 1 is 0.846 bits per heavy atom. The molecule has 0 bridgehead atoms. The molecule has 1 fully saturated rings. The summed E-state index contributed by atoms with van der Waals surface area (Å²) in [5.74, 6) is -1.10. The van der Waals surface area contributed by atoms with Crippen LogP contribution in [0.1, 0.15) is 5.56 Å². The standard InChI is InChI=1S/C20H23F2N3O/c1-23-4-5-25(19-12-16(21)11-17(22)13-19)20-3-2-18(10-15(20)14-23)24-6-8-26-9-7-24/h2-3,10-13H,4-9,14H2,1H3. The van der Waals surface area contributed by atoms with Gasteiger partial charge in [-0.2, -0.15) is 0 Å². The molecule has 4 nitrogen and oxygen atoms in total. The van der Waals surface area contributed by atoms with E-state index >= 15 is 0 Å². The molecule has 138 valence electrons. The van der Waals surface area contributed by atoms with Crippen molar-refractivity contribution in [2.24, 2.45) is 0 Å². The van der Waals surface area contributed by atoms with Crippen LogP contribution >= 0.6 is 0 Å². The Labute approximate surface area is 152 Å². The van der Waals surface area contributed by atoms with Gasteiger partial charge in [-0.05, 0) is 42.9 Å². The summed E-state index contributed by atoms with van der Waals surface area (Å²) in [6, 6.07) is 10.1. The van der Waals surface area contributed by atoms with Crippen molar-refractivity contribution >= 4 is 17.1 Å². The normalized spacial score (nSPS) is 18.6. The van der Waals surface area contributed by atoms with E-state index in [-0.39, 0.29) is 0 Å². The molecule has 26 heavy (non-hydrogen) atoms. The Morgan fingerprint density at radius 3 is 2.31 bits per heavy atom. The topological polar surface area (TPSA) is 19.0 Å². The predicted octanol–water partition coefficient (Wildman–Crippen LogP) is 3.38. The molecule has 6 heteroatoms. The van der Waals surface area contributed by atoms with Crippen LogP contribution in [0, 0.1) is 11.6 Å². The van der Waals surface area contributed by atoms with Crippen LogP contribution in [0.2, 0.25) is 0 Å². The maximum absolute atomic E-state index is 13.7. The highest BCUT2D eigenvalue weighted by Crippen LogP contribution is 2.34. The fourth-order valence-corrected chi connectivity index (χ4v) is 3.70. The summed E-state index contributed by atoms with van der Waals surface area (Å²) in [7, 11) is 2.07. The minimum atomic E-state index is -0.552. The van der Waals surface area contributed by atoms with Gasteiger partial charge in [0.15, 0.2) is 0 Å². The fourth-order valence-electron chi connectivity index (χ4n) is 3.70. The first-order chi connectivity index (χ1) is 12.6. The zero-order valence-corrected chi connectivity index (χ0v) is 14.9. The first-order valence-electron chi connectivity index (χ1n) is 8.98. The molecule has 4 rings (SSSR count). The maximum Gasteiger partial charge on any atom is 0.128 e. The Bertz CT molecular complexity index is 772. The number of halogens is 2. The van der Waals surface area contributed by atoms with Crippen LogP contribution in [-0.2, 0) is 11.3 Å². The number of benzene rings is 2. The molecule has 1 saturated heterocycles. The van der Waals surface area contributed by atoms with Gasteiger partial charge in [-0.1, -0.05) is 0 Å². The van der Waals surface area contributed by atoms with E-state index in [2.05, 4.69) is 35.0 Å². The third-order valence-electron chi connectivity index (χ3n) is 5.03. The van der Waals surface area contributed by atoms with Crippen molar-refractivity contribution in [2.45, 2.75) is 6.54 Å². The van der Waals surface area contributed by atoms with Gasteiger partial charge < -0.3 is 19.4 Å². The van der Waals surface area contributed by atoms with Crippen molar-refractivity contribution in [1.82, 2.24) is 4.90 Å². The number of fused-ring (bicyclic) bond motifs is 1. The second-order valence-electron chi connectivity index (χ2n) is 6.93. The van der Waals surface area contributed by atoms with Crippen LogP contribution in [0.15, 0.2) is 36.4 Å². The Morgan fingerprint density at radius 2 is 1.58 bits per heavy atom. The van der Waals surface area contributed by atoms with Gasteiger partial charge >= 0.3 is 0 Å². The molecule has 0 unspecified atom stereocenters. The summed E-state index contributed by atoms with van der Waals surface area (Å²) in [5, 5.41) is 0. The number of hydrogen-bond acceptors (Lipinski definition) is 4. The molecule has 0 spiro atoms. The second-order valence-corrected chi connectivity index (χ2v) is 6.93. The molecule has 0 radical (unpaired) electrons. The van der Waals surface area contributed by atoms with E-state index in [1.165, 1.54) is 23.4 Å². The molecular weight excluding hydrogens is 336 g/mol. The molecule has 2 heterocycles. The third-order valence-corrected chi connectivity index (χ3v) is 5.03. The average Bonchev–Trinajstić information content (AvgIpc) is 2.79. The van der Waals surface area contributed by atoms with Gasteiger partial charge in [0, 0.05) is 55.9 Å². The number of hydrogen-bond donors (Lipinski definition) is 0. The molecule has 0 N–H and O–H groups in total. The van der Waals surface area contributed by atoms with Gasteiger partial charge in [-0.3, -0.25) is 0 Å². The van der Waals surface area contributed by atoms with Crippen LogP contribution in [0.3, 0.4) is 0 Å². The summed E-state index contributed by atoms with van der Waals surface area (Å²) in [6.45, 7) is 5.56. The Kier molecular flexibility index (Phi) is 4.78. The quantitative estimate of drug-likeness (QED) is 0.818. The Balaban J connectivity index is 1.72. The molecule has 2 aliphatic heterocycles. The van der Waals surface area contributed by atoms with Crippen molar-refractivity contribution in [2.75, 3.05) is 56.2 Å². The minimum absolute atomic E-state index is 0.552. The van der Waals surface area contributed by atoms with Gasteiger partial charge in [0.05, 0.1) is 13.2 Å². The van der Waals surface area contributed by atoms with Crippen molar-refractivity contribution < 1.29 is 13.5 Å². The number of nitrogens with zero attached hydrogens (tertiary/aromatic N) is 3. The van der Waals surface area contributed by atoms with Gasteiger partial charge in [0.2, 0.25) is 0 Å². The van der Waals surface area contributed by atoms with Crippen LogP contribution < -0.4 is 9.80 Å². The lowest BCUT2D eigenvalue weighted by Gasteiger charge is -2.30. The van der Waals surface area contributed by atoms with E-state index in [4.69, 9.17) is 4.74 Å². The van der Waals surface area contributed by atoms with Crippen molar-refractivity contribution in [3.8, 4) is 0 Å². The average molecular weight is 359 g/mol. The molecule has 2 aromatic carbocycles. The number of ether oxygens (including phenoxy) is 1. The molecule has 0 atom stereocenters. The Hall–Kier alpha value is -2.18. The largest absolute Gasteiger partial charge is 0.378 e. The predicted molar refractivity (Wildman–Crippen MR) is 99.2 cm³/mol. The van der Waals surface area contributed by atoms with Crippen LogP contribution in [0.5, 0.6) is 0 Å². The summed E-state index contributed by atoms with van der Waals surface area (Å²) in [5.41, 5.74) is 3.90. The molecule has 0 amide bonds. The van der Waals surface area contributed by atoms with E-state index < -0.39 is 11.6 Å². The summed E-state index contributed by atoms with van der Waals surface area (Å²) < 4.78 is 32.9. The minimum Gasteiger partial charge on any atom is -0.378 e. The maximum atomic E-state index is 13.7. The molecule has 0 saturated carbocycles. The van der Waals surface area contributed by atoms with E-state index in [0.29, 0.717) is 12.2 Å². The number of rotatable bonds is 2. The van der Waals surface area contributed by atoms with E-state index in [9.17, 15) is 8.78 Å². The fraction of sp³-hybridized carbons (Fsp3) is 0.400. The number of anilines is 3. The van der Waals surface area contributed by atoms with Crippen molar-refractivity contribution in [1.29, 1.82) is 0 Å². The summed E-state index contributed by atoms with van der Waals surface area (Å²) >= 11 is 0. The highest BCUT2D eigenvalue weighted by atomic mass is 19.1. The van der Waals surface area contributed by atoms with Crippen LogP contribution in [-0.4, -0.2) is 51.3 Å². The van der Waals surface area contributed by atoms with Gasteiger partial charge in [-0.15, -0.1) is 0 Å². The lowest BCUT2D eigenvalue weighted by atomic mass is 10.1. The zero-order chi connectivity index (χ0) is 18.1. The van der Waals surface area contributed by atoms with Crippen LogP contribution in [0.4, 0.5) is 25.8 Å². The van der Waals surface area contributed by atoms with Crippen LogP contribution in [0.25, 0.3) is 0 Å². The first kappa shape index (κ1) is 17.2. The highest BCUT2D eigenvalue weighted by Gasteiger charge is 2.22. The number of morpholine rings is 1. The lowest BCUT2D eigenvalue weighted by molar-refractivity contribution is 0.122. The molecule has 0 aliphatic carbocycles. The van der Waals surface area contributed by atoms with E-state index in [1.807, 2.05) is 4.90 Å². The van der Waals surface area contributed by atoms with Gasteiger partial charge in [0.1, 0.15) is 11.6 Å². The first-order valence-corrected chi connectivity index (χ1v) is 8.98. The van der Waals surface area contributed by atoms with Gasteiger partial charge in [-0.25, -0.2) is 8.78 Å². The van der Waals surface area contributed by atoms with E-state index in [1.54, 1.807) is 0 Å². The lowest BCUT2D eigenvalue weighted by Crippen LogP contribution is -2.36. The molecular formula is C20H23F2N3O. The van der Waals surface area contributed by atoms with E-state index in [0.717, 1.165) is 51.1 Å². The monoisotopic (exact) mass is 359 g/mol. The molecule has 2 aliphatic rings. The molecule has 0 aromatic heterocycles. The van der Waals surface area contributed by atoms with Crippen molar-refractivity contribution in [3.63, 3.8) is 0 Å². The summed E-state index contributed by atoms with van der Waals surface area (Å²) in [4.78, 5) is 6.56. The highest BCUT2D eigenvalue weighted by molar-refractivity contribution is 5.70. The third kappa shape index (κ3) is 3.52. The zero-order valence-electron chi connectivity index (χ0n) is 14.9. The van der Waals surface area contributed by atoms with Gasteiger partial charge in [0.25, 0.3) is 0 Å². The SMILES string of the molecule is CN1CCN(c2cc(F)cc(F)c2)c2ccc(N3CCOCC3)cc2C1.